The molecular formula is C24H20F3N5O4S. The molecule has 1 saturated carbocycles. The molecule has 3 aromatic heterocycles. The predicted octanol–water partition coefficient (Wildman–Crippen LogP) is 4.59. The average Bonchev–Trinajstić information content (AvgIpc) is 3.66. The van der Waals surface area contributed by atoms with Gasteiger partial charge in [-0.25, -0.2) is 23.2 Å². The van der Waals surface area contributed by atoms with E-state index in [0.717, 1.165) is 22.5 Å². The number of nitrogens with one attached hydrogen (secondary N) is 1. The van der Waals surface area contributed by atoms with Crippen LogP contribution in [0.3, 0.4) is 0 Å². The number of rotatable bonds is 6. The molecule has 1 aliphatic carbocycles. The molecule has 1 fully saturated rings. The van der Waals surface area contributed by atoms with Gasteiger partial charge in [0.15, 0.2) is 11.6 Å². The van der Waals surface area contributed by atoms with E-state index in [4.69, 9.17) is 4.74 Å². The zero-order valence-electron chi connectivity index (χ0n) is 19.1. The average molecular weight is 532 g/mol. The number of hydrogen-bond acceptors (Lipinski definition) is 7. The number of pyridine rings is 1. The van der Waals surface area contributed by atoms with E-state index in [0.29, 0.717) is 18.5 Å². The van der Waals surface area contributed by atoms with Gasteiger partial charge in [0, 0.05) is 17.3 Å². The van der Waals surface area contributed by atoms with Gasteiger partial charge in [-0.15, -0.1) is 0 Å². The first-order chi connectivity index (χ1) is 17.6. The van der Waals surface area contributed by atoms with Crippen LogP contribution < -0.4 is 4.74 Å². The van der Waals surface area contributed by atoms with Crippen LogP contribution in [0.15, 0.2) is 61.2 Å². The van der Waals surface area contributed by atoms with Crippen molar-refractivity contribution in [3.63, 3.8) is 0 Å². The molecule has 0 unspecified atom stereocenters. The van der Waals surface area contributed by atoms with Crippen LogP contribution in [-0.4, -0.2) is 50.0 Å². The number of H-pyrrole nitrogens is 1. The maximum absolute atomic E-state index is 13.1. The Labute approximate surface area is 209 Å². The van der Waals surface area contributed by atoms with E-state index < -0.39 is 33.2 Å². The maximum atomic E-state index is 13.1. The molecule has 1 aromatic carbocycles. The normalized spacial score (nSPS) is 14.7. The van der Waals surface area contributed by atoms with Crippen molar-refractivity contribution in [3.05, 3.63) is 61.2 Å². The minimum atomic E-state index is -5.28. The van der Waals surface area contributed by atoms with Gasteiger partial charge in [-0.05, 0) is 24.5 Å². The number of imidazole rings is 1. The number of hydrogen-bond donors (Lipinski definition) is 1. The van der Waals surface area contributed by atoms with E-state index >= 15 is 0 Å². The highest BCUT2D eigenvalue weighted by molar-refractivity contribution is 7.90. The van der Waals surface area contributed by atoms with E-state index in [-0.39, 0.29) is 22.6 Å². The molecule has 4 aromatic rings. The smallest absolute Gasteiger partial charge is 0.417 e. The van der Waals surface area contributed by atoms with Crippen LogP contribution in [0.2, 0.25) is 0 Å². The number of aromatic nitrogens is 5. The number of nitrogens with zero attached hydrogens (tertiary/aromatic N) is 4. The fraction of sp³-hybridized carbons (Fsp3) is 0.250. The van der Waals surface area contributed by atoms with Gasteiger partial charge < -0.3 is 9.72 Å². The third-order valence-electron chi connectivity index (χ3n) is 6.07. The molecule has 0 amide bonds. The van der Waals surface area contributed by atoms with Crippen molar-refractivity contribution in [2.24, 2.45) is 0 Å². The second-order valence-electron chi connectivity index (χ2n) is 8.49. The maximum Gasteiger partial charge on any atom is 0.491 e. The van der Waals surface area contributed by atoms with Crippen LogP contribution in [0.1, 0.15) is 25.7 Å². The lowest BCUT2D eigenvalue weighted by Crippen LogP contribution is -2.28. The first-order valence-corrected chi connectivity index (χ1v) is 12.8. The third-order valence-corrected chi connectivity index (χ3v) is 8.11. The Morgan fingerprint density at radius 2 is 1.76 bits per heavy atom. The topological polar surface area (TPSA) is 120 Å². The Morgan fingerprint density at radius 3 is 2.46 bits per heavy atom. The highest BCUT2D eigenvalue weighted by Crippen LogP contribution is 2.38. The molecule has 0 bridgehead atoms. The van der Waals surface area contributed by atoms with E-state index in [1.54, 1.807) is 0 Å². The molecule has 0 aliphatic heterocycles. The number of halogens is 3. The van der Waals surface area contributed by atoms with Gasteiger partial charge in [0.25, 0.3) is 10.0 Å². The third kappa shape index (κ3) is 4.86. The number of ether oxygens (including phenoxy) is 1. The number of carbonyl (C=O) groups is 1. The second-order valence-corrected chi connectivity index (χ2v) is 10.6. The molecule has 37 heavy (non-hydrogen) atoms. The molecular weight excluding hydrogens is 511 g/mol. The largest absolute Gasteiger partial charge is 0.491 e. The molecule has 192 valence electrons. The standard InChI is InChI=1S/C24H20F3N5O4S/c25-24(26,27)23(33)36-21-18(16-12-30-32(14-16)37(34,35)17-8-4-5-9-17)10-11-28-20(21)22-29-13-19(31-22)15-6-2-1-3-7-15/h1-3,6-7,10-14,17H,4-5,8-9H2,(H,29,31). The Hall–Kier alpha value is -4.00. The molecule has 5 rings (SSSR count). The van der Waals surface area contributed by atoms with Gasteiger partial charge in [-0.3, -0.25) is 0 Å². The molecule has 9 nitrogen and oxygen atoms in total. The van der Waals surface area contributed by atoms with Gasteiger partial charge in [0.1, 0.15) is 5.69 Å². The summed E-state index contributed by atoms with van der Waals surface area (Å²) >= 11 is 0. The van der Waals surface area contributed by atoms with Crippen molar-refractivity contribution < 1.29 is 31.1 Å². The summed E-state index contributed by atoms with van der Waals surface area (Å²) in [7, 11) is -3.79. The Morgan fingerprint density at radius 1 is 1.03 bits per heavy atom. The number of esters is 1. The van der Waals surface area contributed by atoms with E-state index in [1.807, 2.05) is 30.3 Å². The van der Waals surface area contributed by atoms with E-state index in [2.05, 4.69) is 20.1 Å². The fourth-order valence-electron chi connectivity index (χ4n) is 4.23. The summed E-state index contributed by atoms with van der Waals surface area (Å²) in [5.74, 6) is -2.93. The number of aromatic amines is 1. The van der Waals surface area contributed by atoms with Crippen molar-refractivity contribution in [1.29, 1.82) is 0 Å². The van der Waals surface area contributed by atoms with Gasteiger partial charge >= 0.3 is 12.1 Å². The molecule has 0 spiro atoms. The summed E-state index contributed by atoms with van der Waals surface area (Å²) in [4.78, 5) is 23.2. The van der Waals surface area contributed by atoms with Gasteiger partial charge in [-0.2, -0.15) is 22.4 Å². The summed E-state index contributed by atoms with van der Waals surface area (Å²) < 4.78 is 70.9. The number of carbonyl (C=O) groups excluding carboxylic acids is 1. The minimum Gasteiger partial charge on any atom is -0.417 e. The summed E-state index contributed by atoms with van der Waals surface area (Å²) in [6, 6.07) is 10.4. The van der Waals surface area contributed by atoms with E-state index in [1.165, 1.54) is 30.9 Å². The van der Waals surface area contributed by atoms with Crippen molar-refractivity contribution in [3.8, 4) is 39.7 Å². The summed E-state index contributed by atoms with van der Waals surface area (Å²) in [5.41, 5.74) is 1.29. The van der Waals surface area contributed by atoms with Crippen molar-refractivity contribution >= 4 is 16.0 Å². The van der Waals surface area contributed by atoms with Crippen LogP contribution >= 0.6 is 0 Å². The van der Waals surface area contributed by atoms with E-state index in [9.17, 15) is 26.4 Å². The minimum absolute atomic E-state index is 0.00636. The van der Waals surface area contributed by atoms with Crippen LogP contribution in [0, 0.1) is 0 Å². The first kappa shape index (κ1) is 24.7. The molecule has 1 aliphatic rings. The Kier molecular flexibility index (Phi) is 6.31. The van der Waals surface area contributed by atoms with Crippen LogP contribution in [0.4, 0.5) is 13.2 Å². The second kappa shape index (κ2) is 9.47. The summed E-state index contributed by atoms with van der Waals surface area (Å²) in [5, 5.41) is 3.36. The summed E-state index contributed by atoms with van der Waals surface area (Å²) in [6.45, 7) is 0. The lowest BCUT2D eigenvalue weighted by Gasteiger charge is -2.13. The monoisotopic (exact) mass is 531 g/mol. The lowest BCUT2D eigenvalue weighted by atomic mass is 10.1. The van der Waals surface area contributed by atoms with Crippen LogP contribution in [0.25, 0.3) is 33.9 Å². The quantitative estimate of drug-likeness (QED) is 0.361. The highest BCUT2D eigenvalue weighted by Gasteiger charge is 2.42. The molecule has 3 heterocycles. The fourth-order valence-corrected chi connectivity index (χ4v) is 5.90. The highest BCUT2D eigenvalue weighted by atomic mass is 32.2. The van der Waals surface area contributed by atoms with Crippen molar-refractivity contribution in [1.82, 2.24) is 24.1 Å². The summed E-state index contributed by atoms with van der Waals surface area (Å²) in [6.07, 6.45) is 2.46. The molecule has 0 saturated heterocycles. The van der Waals surface area contributed by atoms with Crippen LogP contribution in [0.5, 0.6) is 5.75 Å². The SMILES string of the molecule is O=C(Oc1c(-c2cnn(S(=O)(=O)C3CCCC3)c2)ccnc1-c1ncc(-c2ccccc2)[nH]1)C(F)(F)F. The first-order valence-electron chi connectivity index (χ1n) is 11.3. The molecule has 0 radical (unpaired) electrons. The number of benzene rings is 1. The van der Waals surface area contributed by atoms with Crippen molar-refractivity contribution in [2.75, 3.05) is 0 Å². The predicted molar refractivity (Wildman–Crippen MR) is 127 cm³/mol. The number of alkyl halides is 3. The zero-order chi connectivity index (χ0) is 26.2. The van der Waals surface area contributed by atoms with Crippen LogP contribution in [-0.2, 0) is 14.8 Å². The lowest BCUT2D eigenvalue weighted by molar-refractivity contribution is -0.189. The molecule has 13 heteroatoms. The Bertz CT molecular complexity index is 1540. The van der Waals surface area contributed by atoms with Crippen molar-refractivity contribution in [2.45, 2.75) is 37.1 Å². The Balaban J connectivity index is 1.59. The van der Waals surface area contributed by atoms with Gasteiger partial charge in [0.05, 0.1) is 29.5 Å². The zero-order valence-corrected chi connectivity index (χ0v) is 20.0. The molecule has 0 atom stereocenters. The molecule has 1 N–H and O–H groups in total. The van der Waals surface area contributed by atoms with Gasteiger partial charge in [0.2, 0.25) is 0 Å². The van der Waals surface area contributed by atoms with Gasteiger partial charge in [-0.1, -0.05) is 43.2 Å².